The molecule has 1 saturated heterocycles. The van der Waals surface area contributed by atoms with Crippen LogP contribution in [0, 0.1) is 0 Å². The average Bonchev–Trinajstić information content (AvgIpc) is 2.48. The predicted octanol–water partition coefficient (Wildman–Crippen LogP) is 1.37. The van der Waals surface area contributed by atoms with Gasteiger partial charge in [-0.3, -0.25) is 14.7 Å². The Labute approximate surface area is 130 Å². The second-order valence-corrected chi connectivity index (χ2v) is 6.12. The van der Waals surface area contributed by atoms with Crippen LogP contribution in [0.4, 0.5) is 0 Å². The van der Waals surface area contributed by atoms with E-state index < -0.39 is 11.5 Å². The molecule has 6 heteroatoms. The fourth-order valence-electron chi connectivity index (χ4n) is 2.92. The van der Waals surface area contributed by atoms with Crippen LogP contribution in [0.1, 0.15) is 31.7 Å². The number of hydrogen-bond donors (Lipinski definition) is 1. The summed E-state index contributed by atoms with van der Waals surface area (Å²) in [6, 6.07) is 3.81. The van der Waals surface area contributed by atoms with Gasteiger partial charge in [0.25, 0.3) is 0 Å². The number of hydrogen-bond acceptors (Lipinski definition) is 4. The number of aliphatic carboxylic acids is 1. The molecule has 120 valence electrons. The van der Waals surface area contributed by atoms with E-state index in [0.29, 0.717) is 19.5 Å². The van der Waals surface area contributed by atoms with Crippen LogP contribution in [-0.2, 0) is 16.1 Å². The number of carbonyl (C=O) groups is 2. The minimum atomic E-state index is -1.08. The number of rotatable bonds is 5. The number of carboxylic acids is 1. The number of pyridine rings is 1. The normalized spacial score (nSPS) is 21.9. The lowest BCUT2D eigenvalue weighted by atomic mass is 9.88. The second kappa shape index (κ2) is 6.87. The summed E-state index contributed by atoms with van der Waals surface area (Å²) in [4.78, 5) is 31.5. The maximum Gasteiger partial charge on any atom is 0.329 e. The van der Waals surface area contributed by atoms with Crippen LogP contribution in [0.5, 0.6) is 0 Å². The summed E-state index contributed by atoms with van der Waals surface area (Å²) in [5.74, 6) is -1.05. The topological polar surface area (TPSA) is 73.7 Å². The van der Waals surface area contributed by atoms with E-state index in [4.69, 9.17) is 0 Å². The van der Waals surface area contributed by atoms with Crippen LogP contribution < -0.4 is 0 Å². The third kappa shape index (κ3) is 3.62. The zero-order chi connectivity index (χ0) is 16.2. The number of likely N-dealkylation sites (tertiary alicyclic amines) is 1. The number of carbonyl (C=O) groups excluding carboxylic acids is 1. The van der Waals surface area contributed by atoms with Crippen LogP contribution in [0.25, 0.3) is 0 Å². The molecule has 0 aliphatic carbocycles. The largest absolute Gasteiger partial charge is 0.480 e. The highest BCUT2D eigenvalue weighted by Gasteiger charge is 2.43. The van der Waals surface area contributed by atoms with Gasteiger partial charge in [-0.15, -0.1) is 0 Å². The molecule has 1 aliphatic heterocycles. The van der Waals surface area contributed by atoms with Crippen molar-refractivity contribution >= 4 is 11.9 Å². The van der Waals surface area contributed by atoms with E-state index in [9.17, 15) is 14.7 Å². The molecule has 1 unspecified atom stereocenters. The first-order valence-electron chi connectivity index (χ1n) is 7.55. The first kappa shape index (κ1) is 16.4. The van der Waals surface area contributed by atoms with Crippen molar-refractivity contribution in [2.75, 3.05) is 20.1 Å². The van der Waals surface area contributed by atoms with E-state index in [1.165, 1.54) is 4.90 Å². The number of piperidine rings is 1. The minimum absolute atomic E-state index is 0.129. The van der Waals surface area contributed by atoms with Crippen LogP contribution in [-0.4, -0.2) is 57.4 Å². The van der Waals surface area contributed by atoms with Gasteiger partial charge in [0.05, 0.1) is 6.54 Å². The number of likely N-dealkylation sites (N-methyl/N-ethyl adjacent to an activating group) is 1. The van der Waals surface area contributed by atoms with E-state index in [2.05, 4.69) is 4.98 Å². The van der Waals surface area contributed by atoms with Crippen molar-refractivity contribution in [2.45, 2.75) is 38.3 Å². The van der Waals surface area contributed by atoms with Crippen molar-refractivity contribution in [2.24, 2.45) is 0 Å². The van der Waals surface area contributed by atoms with Gasteiger partial charge in [-0.1, -0.05) is 6.07 Å². The lowest BCUT2D eigenvalue weighted by molar-refractivity contribution is -0.161. The monoisotopic (exact) mass is 305 g/mol. The summed E-state index contributed by atoms with van der Waals surface area (Å²) in [7, 11) is 1.85. The molecule has 6 nitrogen and oxygen atoms in total. The molecule has 2 rings (SSSR count). The minimum Gasteiger partial charge on any atom is -0.480 e. The van der Waals surface area contributed by atoms with Crippen molar-refractivity contribution in [3.8, 4) is 0 Å². The van der Waals surface area contributed by atoms with Crippen LogP contribution >= 0.6 is 0 Å². The van der Waals surface area contributed by atoms with Gasteiger partial charge in [-0.05, 0) is 44.9 Å². The zero-order valence-electron chi connectivity index (χ0n) is 13.2. The molecule has 0 saturated carbocycles. The number of aromatic nitrogens is 1. The van der Waals surface area contributed by atoms with Crippen molar-refractivity contribution in [3.63, 3.8) is 0 Å². The van der Waals surface area contributed by atoms with Gasteiger partial charge in [0.15, 0.2) is 0 Å². The Balaban J connectivity index is 1.99. The highest BCUT2D eigenvalue weighted by molar-refractivity contribution is 5.87. The summed E-state index contributed by atoms with van der Waals surface area (Å²) < 4.78 is 0. The third-order valence-electron chi connectivity index (χ3n) is 4.23. The molecular weight excluding hydrogens is 282 g/mol. The van der Waals surface area contributed by atoms with E-state index in [1.807, 2.05) is 24.1 Å². The molecule has 1 fully saturated rings. The standard InChI is InChI=1S/C16H23N3O3/c1-16(15(21)22)7-3-4-9-19(16)14(20)12-18(2)11-13-6-5-8-17-10-13/h5-6,8,10H,3-4,7,9,11-12H2,1-2H3,(H,21,22). The summed E-state index contributed by atoms with van der Waals surface area (Å²) >= 11 is 0. The summed E-state index contributed by atoms with van der Waals surface area (Å²) in [6.07, 6.45) is 5.70. The van der Waals surface area contributed by atoms with Crippen LogP contribution in [0.2, 0.25) is 0 Å². The Kier molecular flexibility index (Phi) is 5.13. The second-order valence-electron chi connectivity index (χ2n) is 6.12. The summed E-state index contributed by atoms with van der Waals surface area (Å²) in [5, 5.41) is 9.47. The van der Waals surface area contributed by atoms with Gasteiger partial charge in [0, 0.05) is 25.5 Å². The molecule has 0 radical (unpaired) electrons. The van der Waals surface area contributed by atoms with E-state index in [1.54, 1.807) is 19.3 Å². The van der Waals surface area contributed by atoms with Gasteiger partial charge in [0.1, 0.15) is 5.54 Å². The highest BCUT2D eigenvalue weighted by Crippen LogP contribution is 2.28. The number of nitrogens with zero attached hydrogens (tertiary/aromatic N) is 3. The van der Waals surface area contributed by atoms with Crippen molar-refractivity contribution < 1.29 is 14.7 Å². The summed E-state index contributed by atoms with van der Waals surface area (Å²) in [6.45, 7) is 2.98. The van der Waals surface area contributed by atoms with Crippen LogP contribution in [0.15, 0.2) is 24.5 Å². The molecule has 1 aromatic rings. The van der Waals surface area contributed by atoms with Gasteiger partial charge in [0.2, 0.25) is 5.91 Å². The Bertz CT molecular complexity index is 535. The van der Waals surface area contributed by atoms with Gasteiger partial charge in [-0.25, -0.2) is 4.79 Å². The predicted molar refractivity (Wildman–Crippen MR) is 82.2 cm³/mol. The Morgan fingerprint density at radius 3 is 2.86 bits per heavy atom. The Morgan fingerprint density at radius 1 is 1.45 bits per heavy atom. The summed E-state index contributed by atoms with van der Waals surface area (Å²) in [5.41, 5.74) is -0.0535. The van der Waals surface area contributed by atoms with Crippen molar-refractivity contribution in [1.82, 2.24) is 14.8 Å². The lowest BCUT2D eigenvalue weighted by Crippen LogP contribution is -2.59. The molecule has 0 spiro atoms. The fraction of sp³-hybridized carbons (Fsp3) is 0.562. The molecule has 2 heterocycles. The molecule has 1 aromatic heterocycles. The van der Waals surface area contributed by atoms with Crippen molar-refractivity contribution in [3.05, 3.63) is 30.1 Å². The lowest BCUT2D eigenvalue weighted by Gasteiger charge is -2.42. The van der Waals surface area contributed by atoms with Gasteiger partial charge < -0.3 is 10.0 Å². The molecule has 0 bridgehead atoms. The zero-order valence-corrected chi connectivity index (χ0v) is 13.2. The van der Waals surface area contributed by atoms with E-state index in [-0.39, 0.29) is 12.5 Å². The van der Waals surface area contributed by atoms with E-state index in [0.717, 1.165) is 18.4 Å². The average molecular weight is 305 g/mol. The molecule has 0 aromatic carbocycles. The quantitative estimate of drug-likeness (QED) is 0.889. The SMILES string of the molecule is CN(CC(=O)N1CCCCC1(C)C(=O)O)Cc1cccnc1. The Hall–Kier alpha value is -1.95. The smallest absolute Gasteiger partial charge is 0.329 e. The molecule has 22 heavy (non-hydrogen) atoms. The Morgan fingerprint density at radius 2 is 2.23 bits per heavy atom. The molecule has 1 amide bonds. The van der Waals surface area contributed by atoms with Gasteiger partial charge in [-0.2, -0.15) is 0 Å². The first-order valence-corrected chi connectivity index (χ1v) is 7.55. The molecule has 1 aliphatic rings. The number of carboxylic acid groups (broad SMARTS) is 1. The van der Waals surface area contributed by atoms with Gasteiger partial charge >= 0.3 is 5.97 Å². The first-order chi connectivity index (χ1) is 10.4. The van der Waals surface area contributed by atoms with Crippen LogP contribution in [0.3, 0.4) is 0 Å². The number of amides is 1. The van der Waals surface area contributed by atoms with E-state index >= 15 is 0 Å². The molecular formula is C16H23N3O3. The van der Waals surface area contributed by atoms with Crippen molar-refractivity contribution in [1.29, 1.82) is 0 Å². The third-order valence-corrected chi connectivity index (χ3v) is 4.23. The molecule has 1 atom stereocenters. The maximum atomic E-state index is 12.5. The highest BCUT2D eigenvalue weighted by atomic mass is 16.4. The fourth-order valence-corrected chi connectivity index (χ4v) is 2.92. The molecule has 1 N–H and O–H groups in total. The maximum absolute atomic E-state index is 12.5.